The summed E-state index contributed by atoms with van der Waals surface area (Å²) in [7, 11) is 0. The number of carbonyl (C=O) groups excluding carboxylic acids is 2. The third-order valence-electron chi connectivity index (χ3n) is 4.75. The van der Waals surface area contributed by atoms with Crippen molar-refractivity contribution in [1.82, 2.24) is 14.8 Å². The Morgan fingerprint density at radius 1 is 1.22 bits per heavy atom. The average molecular weight is 319 g/mol. The van der Waals surface area contributed by atoms with Crippen molar-refractivity contribution in [2.24, 2.45) is 0 Å². The predicted molar refractivity (Wildman–Crippen MR) is 86.1 cm³/mol. The van der Waals surface area contributed by atoms with Gasteiger partial charge in [0.1, 0.15) is 6.10 Å². The molecule has 3 heterocycles. The molecule has 1 unspecified atom stereocenters. The number of carbonyl (C=O) groups is 2. The van der Waals surface area contributed by atoms with Crippen LogP contribution in [0, 0.1) is 13.8 Å². The van der Waals surface area contributed by atoms with Gasteiger partial charge in [-0.25, -0.2) is 0 Å². The lowest BCUT2D eigenvalue weighted by atomic mass is 10.1. The molecule has 0 radical (unpaired) electrons. The molecule has 6 heteroatoms. The van der Waals surface area contributed by atoms with Crippen molar-refractivity contribution in [1.29, 1.82) is 0 Å². The average Bonchev–Trinajstić information content (AvgIpc) is 3.17. The van der Waals surface area contributed by atoms with Crippen molar-refractivity contribution in [3.05, 3.63) is 23.0 Å². The minimum absolute atomic E-state index is 0.0895. The van der Waals surface area contributed by atoms with Gasteiger partial charge in [0.2, 0.25) is 5.91 Å². The number of amides is 2. The molecule has 2 amide bonds. The summed E-state index contributed by atoms with van der Waals surface area (Å²) in [6, 6.07) is 2.03. The number of aryl methyl sites for hydroxylation is 2. The van der Waals surface area contributed by atoms with E-state index in [1.165, 1.54) is 0 Å². The Labute approximate surface area is 136 Å². The van der Waals surface area contributed by atoms with Gasteiger partial charge in [0, 0.05) is 44.2 Å². The highest BCUT2D eigenvalue weighted by Gasteiger charge is 2.31. The van der Waals surface area contributed by atoms with E-state index in [-0.39, 0.29) is 17.9 Å². The molecular weight excluding hydrogens is 294 g/mol. The lowest BCUT2D eigenvalue weighted by Gasteiger charge is -2.35. The molecule has 2 aliphatic rings. The van der Waals surface area contributed by atoms with Gasteiger partial charge in [0.25, 0.3) is 5.91 Å². The number of H-pyrrole nitrogens is 1. The van der Waals surface area contributed by atoms with Crippen LogP contribution in [0.3, 0.4) is 0 Å². The van der Waals surface area contributed by atoms with Crippen LogP contribution in [0.1, 0.15) is 29.8 Å². The zero-order chi connectivity index (χ0) is 16.4. The number of nitrogens with one attached hydrogen (secondary N) is 1. The molecule has 0 aromatic carbocycles. The number of piperazine rings is 1. The molecule has 0 saturated carbocycles. The Kier molecular flexibility index (Phi) is 4.71. The normalized spacial score (nSPS) is 21.7. The fraction of sp³-hybridized carbons (Fsp3) is 0.647. The minimum atomic E-state index is -0.261. The predicted octanol–water partition coefficient (Wildman–Crippen LogP) is 1.02. The summed E-state index contributed by atoms with van der Waals surface area (Å²) >= 11 is 0. The van der Waals surface area contributed by atoms with E-state index >= 15 is 0 Å². The first-order valence-corrected chi connectivity index (χ1v) is 8.38. The summed E-state index contributed by atoms with van der Waals surface area (Å²) < 4.78 is 5.46. The summed E-state index contributed by atoms with van der Waals surface area (Å²) in [5.41, 5.74) is 3.20. The zero-order valence-electron chi connectivity index (χ0n) is 13.9. The van der Waals surface area contributed by atoms with Gasteiger partial charge < -0.3 is 19.5 Å². The maximum atomic E-state index is 12.4. The summed E-state index contributed by atoms with van der Waals surface area (Å²) in [6.45, 7) is 7.11. The first-order valence-electron chi connectivity index (χ1n) is 8.38. The van der Waals surface area contributed by atoms with Crippen LogP contribution in [0.4, 0.5) is 0 Å². The lowest BCUT2D eigenvalue weighted by molar-refractivity contribution is -0.145. The molecular formula is C17H25N3O3. The van der Waals surface area contributed by atoms with E-state index in [9.17, 15) is 9.59 Å². The van der Waals surface area contributed by atoms with Crippen LogP contribution < -0.4 is 0 Å². The van der Waals surface area contributed by atoms with E-state index in [0.717, 1.165) is 29.8 Å². The molecule has 3 rings (SSSR count). The molecule has 1 aromatic rings. The third kappa shape index (κ3) is 3.58. The van der Waals surface area contributed by atoms with Crippen molar-refractivity contribution < 1.29 is 14.3 Å². The molecule has 6 nitrogen and oxygen atoms in total. The summed E-state index contributed by atoms with van der Waals surface area (Å²) in [6.07, 6.45) is 1.95. The largest absolute Gasteiger partial charge is 0.368 e. The number of ether oxygens (including phenoxy) is 1. The van der Waals surface area contributed by atoms with E-state index in [1.807, 2.05) is 29.7 Å². The Morgan fingerprint density at radius 3 is 2.48 bits per heavy atom. The van der Waals surface area contributed by atoms with Crippen molar-refractivity contribution >= 4 is 11.8 Å². The quantitative estimate of drug-likeness (QED) is 0.905. The number of nitrogens with zero attached hydrogens (tertiary/aromatic N) is 2. The number of aromatic amines is 1. The first kappa shape index (κ1) is 16.1. The van der Waals surface area contributed by atoms with Crippen molar-refractivity contribution in [3.63, 3.8) is 0 Å². The second kappa shape index (κ2) is 6.74. The summed E-state index contributed by atoms with van der Waals surface area (Å²) in [5.74, 6) is 0.225. The summed E-state index contributed by atoms with van der Waals surface area (Å²) in [5, 5.41) is 0. The van der Waals surface area contributed by atoms with Gasteiger partial charge in [-0.1, -0.05) is 0 Å². The Hall–Kier alpha value is -1.82. The molecule has 0 bridgehead atoms. The highest BCUT2D eigenvalue weighted by atomic mass is 16.5. The van der Waals surface area contributed by atoms with Crippen LogP contribution in [0.5, 0.6) is 0 Å². The standard InChI is InChI=1S/C17H25N3O3/c1-12-10-14(13(2)18-12)11-16(21)19-5-7-20(8-6-19)17(22)15-4-3-9-23-15/h10,15,18H,3-9,11H2,1-2H3. The highest BCUT2D eigenvalue weighted by molar-refractivity contribution is 5.82. The van der Waals surface area contributed by atoms with Crippen molar-refractivity contribution in [3.8, 4) is 0 Å². The molecule has 1 atom stereocenters. The smallest absolute Gasteiger partial charge is 0.251 e. The fourth-order valence-electron chi connectivity index (χ4n) is 3.39. The number of hydrogen-bond donors (Lipinski definition) is 1. The molecule has 2 aliphatic heterocycles. The van der Waals surface area contributed by atoms with E-state index < -0.39 is 0 Å². The number of rotatable bonds is 3. The highest BCUT2D eigenvalue weighted by Crippen LogP contribution is 2.17. The van der Waals surface area contributed by atoms with Gasteiger partial charge in [-0.3, -0.25) is 9.59 Å². The van der Waals surface area contributed by atoms with E-state index in [0.29, 0.717) is 39.2 Å². The topological polar surface area (TPSA) is 65.6 Å². The number of hydrogen-bond acceptors (Lipinski definition) is 3. The van der Waals surface area contributed by atoms with Crippen molar-refractivity contribution in [2.45, 2.75) is 39.2 Å². The maximum absolute atomic E-state index is 12.4. The van der Waals surface area contributed by atoms with Gasteiger partial charge in [-0.2, -0.15) is 0 Å². The molecule has 0 spiro atoms. The van der Waals surface area contributed by atoms with Gasteiger partial charge in [0.05, 0.1) is 6.42 Å². The van der Waals surface area contributed by atoms with E-state index in [1.54, 1.807) is 0 Å². The van der Waals surface area contributed by atoms with Crippen LogP contribution in [-0.2, 0) is 20.7 Å². The molecule has 23 heavy (non-hydrogen) atoms. The Morgan fingerprint density at radius 2 is 1.91 bits per heavy atom. The van der Waals surface area contributed by atoms with Gasteiger partial charge in [-0.15, -0.1) is 0 Å². The van der Waals surface area contributed by atoms with Gasteiger partial charge in [-0.05, 0) is 38.3 Å². The monoisotopic (exact) mass is 319 g/mol. The Bertz CT molecular complexity index is 582. The Balaban J connectivity index is 1.51. The first-order chi connectivity index (χ1) is 11.0. The van der Waals surface area contributed by atoms with E-state index in [2.05, 4.69) is 4.98 Å². The van der Waals surface area contributed by atoms with Gasteiger partial charge in [0.15, 0.2) is 0 Å². The third-order valence-corrected chi connectivity index (χ3v) is 4.75. The zero-order valence-corrected chi connectivity index (χ0v) is 13.9. The van der Waals surface area contributed by atoms with Crippen LogP contribution >= 0.6 is 0 Å². The second-order valence-electron chi connectivity index (χ2n) is 6.49. The molecule has 1 N–H and O–H groups in total. The molecule has 2 saturated heterocycles. The van der Waals surface area contributed by atoms with Crippen molar-refractivity contribution in [2.75, 3.05) is 32.8 Å². The van der Waals surface area contributed by atoms with Gasteiger partial charge >= 0.3 is 0 Å². The van der Waals surface area contributed by atoms with Crippen LogP contribution in [-0.4, -0.2) is 65.5 Å². The van der Waals surface area contributed by atoms with Crippen LogP contribution in [0.15, 0.2) is 6.07 Å². The lowest BCUT2D eigenvalue weighted by Crippen LogP contribution is -2.53. The second-order valence-corrected chi connectivity index (χ2v) is 6.49. The minimum Gasteiger partial charge on any atom is -0.368 e. The van der Waals surface area contributed by atoms with Crippen LogP contribution in [0.25, 0.3) is 0 Å². The van der Waals surface area contributed by atoms with Crippen LogP contribution in [0.2, 0.25) is 0 Å². The fourth-order valence-corrected chi connectivity index (χ4v) is 3.39. The van der Waals surface area contributed by atoms with E-state index in [4.69, 9.17) is 4.74 Å². The summed E-state index contributed by atoms with van der Waals surface area (Å²) in [4.78, 5) is 31.7. The molecule has 126 valence electrons. The molecule has 1 aromatic heterocycles. The number of aromatic nitrogens is 1. The molecule has 0 aliphatic carbocycles. The maximum Gasteiger partial charge on any atom is 0.251 e. The SMILES string of the molecule is Cc1cc(CC(=O)N2CCN(C(=O)C3CCCO3)CC2)c(C)[nH]1. The molecule has 2 fully saturated rings.